The summed E-state index contributed by atoms with van der Waals surface area (Å²) >= 11 is 6.17. The third-order valence-corrected chi connectivity index (χ3v) is 6.95. The fourth-order valence-corrected chi connectivity index (χ4v) is 4.71. The highest BCUT2D eigenvalue weighted by Gasteiger charge is 2.26. The van der Waals surface area contributed by atoms with E-state index < -0.39 is 16.1 Å². The number of nitrogens with one attached hydrogen (secondary N) is 1. The molecule has 8 nitrogen and oxygen atoms in total. The van der Waals surface area contributed by atoms with Gasteiger partial charge < -0.3 is 15.0 Å². The number of halogens is 1. The number of hydrogen-bond donors (Lipinski definition) is 1. The first kappa shape index (κ1) is 27.5. The van der Waals surface area contributed by atoms with Crippen molar-refractivity contribution >= 4 is 39.1 Å². The van der Waals surface area contributed by atoms with Gasteiger partial charge in [0.15, 0.2) is 0 Å². The molecular weight excluding hydrogens is 478 g/mol. The van der Waals surface area contributed by atoms with E-state index in [2.05, 4.69) is 5.32 Å². The van der Waals surface area contributed by atoms with Crippen LogP contribution in [0, 0.1) is 6.92 Å². The Hall–Kier alpha value is -2.78. The second-order valence-electron chi connectivity index (χ2n) is 8.05. The molecule has 1 atom stereocenters. The van der Waals surface area contributed by atoms with Crippen LogP contribution in [0.2, 0.25) is 5.02 Å². The zero-order valence-electron chi connectivity index (χ0n) is 20.2. The Balaban J connectivity index is 2.16. The molecule has 1 N–H and O–H groups in total. The van der Waals surface area contributed by atoms with Crippen LogP contribution in [0.3, 0.4) is 0 Å². The summed E-state index contributed by atoms with van der Waals surface area (Å²) in [5.41, 5.74) is 2.39. The van der Waals surface area contributed by atoms with Crippen molar-refractivity contribution in [1.82, 2.24) is 10.2 Å². The summed E-state index contributed by atoms with van der Waals surface area (Å²) in [5, 5.41) is 2.87. The van der Waals surface area contributed by atoms with Crippen molar-refractivity contribution in [2.75, 3.05) is 31.3 Å². The van der Waals surface area contributed by atoms with Crippen LogP contribution in [0.25, 0.3) is 0 Å². The lowest BCUT2D eigenvalue weighted by molar-refractivity contribution is -0.140. The molecule has 34 heavy (non-hydrogen) atoms. The van der Waals surface area contributed by atoms with Gasteiger partial charge in [0.1, 0.15) is 11.8 Å². The molecule has 10 heteroatoms. The standard InChI is InChI=1S/C24H32ClN3O5S/c1-17-8-10-19(11-9-17)16-27(18(2)24(30)26-3)23(29)7-6-14-28(34(5,31)32)20-12-13-22(33-4)21(25)15-20/h8-13,15,18H,6-7,14,16H2,1-5H3,(H,26,30)/t18-/m1/s1. The summed E-state index contributed by atoms with van der Waals surface area (Å²) in [7, 11) is -0.614. The third-order valence-electron chi connectivity index (χ3n) is 5.46. The number of amides is 2. The Morgan fingerprint density at radius 2 is 1.79 bits per heavy atom. The third kappa shape index (κ3) is 7.36. The van der Waals surface area contributed by atoms with Crippen LogP contribution in [0.5, 0.6) is 5.75 Å². The SMILES string of the molecule is CNC(=O)[C@@H](C)N(Cc1ccc(C)cc1)C(=O)CCCN(c1ccc(OC)c(Cl)c1)S(C)(=O)=O. The maximum Gasteiger partial charge on any atom is 0.242 e. The van der Waals surface area contributed by atoms with E-state index in [9.17, 15) is 18.0 Å². The number of carbonyl (C=O) groups excluding carboxylic acids is 2. The number of anilines is 1. The zero-order valence-corrected chi connectivity index (χ0v) is 21.7. The predicted octanol–water partition coefficient (Wildman–Crippen LogP) is 3.37. The molecule has 0 radical (unpaired) electrons. The number of ether oxygens (including phenoxy) is 1. The first-order valence-electron chi connectivity index (χ1n) is 10.9. The van der Waals surface area contributed by atoms with Crippen molar-refractivity contribution in [3.8, 4) is 5.75 Å². The average molecular weight is 510 g/mol. The van der Waals surface area contributed by atoms with Crippen LogP contribution in [-0.4, -0.2) is 58.1 Å². The highest BCUT2D eigenvalue weighted by atomic mass is 35.5. The van der Waals surface area contributed by atoms with Crippen molar-refractivity contribution in [3.63, 3.8) is 0 Å². The molecule has 0 aliphatic rings. The smallest absolute Gasteiger partial charge is 0.242 e. The quantitative estimate of drug-likeness (QED) is 0.501. The second kappa shape index (κ2) is 12.1. The Morgan fingerprint density at radius 3 is 2.32 bits per heavy atom. The minimum absolute atomic E-state index is 0.0725. The molecule has 0 unspecified atom stereocenters. The average Bonchev–Trinajstić information content (AvgIpc) is 2.79. The normalized spacial score (nSPS) is 12.1. The van der Waals surface area contributed by atoms with Gasteiger partial charge in [-0.3, -0.25) is 13.9 Å². The van der Waals surface area contributed by atoms with Crippen LogP contribution < -0.4 is 14.4 Å². The molecule has 0 aliphatic carbocycles. The molecule has 0 bridgehead atoms. The summed E-state index contributed by atoms with van der Waals surface area (Å²) in [6.45, 7) is 4.01. The number of rotatable bonds is 11. The number of aryl methyl sites for hydroxylation is 1. The Morgan fingerprint density at radius 1 is 1.15 bits per heavy atom. The number of nitrogens with zero attached hydrogens (tertiary/aromatic N) is 2. The topological polar surface area (TPSA) is 96.0 Å². The molecule has 0 aliphatic heterocycles. The monoisotopic (exact) mass is 509 g/mol. The highest BCUT2D eigenvalue weighted by Crippen LogP contribution is 2.30. The minimum atomic E-state index is -3.61. The molecule has 2 rings (SSSR count). The van der Waals surface area contributed by atoms with Gasteiger partial charge in [-0.25, -0.2) is 8.42 Å². The van der Waals surface area contributed by atoms with Gasteiger partial charge >= 0.3 is 0 Å². The van der Waals surface area contributed by atoms with Crippen molar-refractivity contribution in [2.45, 2.75) is 39.3 Å². The van der Waals surface area contributed by atoms with Crippen LogP contribution in [0.4, 0.5) is 5.69 Å². The summed E-state index contributed by atoms with van der Waals surface area (Å²) in [6.07, 6.45) is 1.44. The van der Waals surface area contributed by atoms with Crippen molar-refractivity contribution in [2.24, 2.45) is 0 Å². The van der Waals surface area contributed by atoms with Gasteiger partial charge in [0.05, 0.1) is 24.1 Å². The number of benzene rings is 2. The Bertz CT molecular complexity index is 1110. The first-order valence-corrected chi connectivity index (χ1v) is 13.1. The number of hydrogen-bond acceptors (Lipinski definition) is 5. The number of methoxy groups -OCH3 is 1. The zero-order chi connectivity index (χ0) is 25.5. The lowest BCUT2D eigenvalue weighted by atomic mass is 10.1. The van der Waals surface area contributed by atoms with Crippen molar-refractivity contribution < 1.29 is 22.7 Å². The molecule has 0 saturated carbocycles. The van der Waals surface area contributed by atoms with E-state index in [-0.39, 0.29) is 42.8 Å². The molecule has 2 aromatic rings. The molecule has 0 fully saturated rings. The number of likely N-dealkylation sites (N-methyl/N-ethyl adjacent to an activating group) is 1. The fourth-order valence-electron chi connectivity index (χ4n) is 3.50. The number of carbonyl (C=O) groups is 2. The maximum absolute atomic E-state index is 13.1. The molecule has 186 valence electrons. The summed E-state index contributed by atoms with van der Waals surface area (Å²) < 4.78 is 31.2. The van der Waals surface area contributed by atoms with Gasteiger partial charge in [-0.1, -0.05) is 41.4 Å². The molecule has 2 aromatic carbocycles. The predicted molar refractivity (Wildman–Crippen MR) is 135 cm³/mol. The molecule has 0 aromatic heterocycles. The first-order chi connectivity index (χ1) is 16.0. The summed E-state index contributed by atoms with van der Waals surface area (Å²) in [6, 6.07) is 11.8. The Labute approximate surface area is 206 Å². The van der Waals surface area contributed by atoms with Crippen LogP contribution >= 0.6 is 11.6 Å². The van der Waals surface area contributed by atoms with Crippen molar-refractivity contribution in [3.05, 3.63) is 58.6 Å². The lowest BCUT2D eigenvalue weighted by Gasteiger charge is -2.29. The van der Waals surface area contributed by atoms with E-state index >= 15 is 0 Å². The highest BCUT2D eigenvalue weighted by molar-refractivity contribution is 7.92. The summed E-state index contributed by atoms with van der Waals surface area (Å²) in [4.78, 5) is 26.9. The van der Waals surface area contributed by atoms with E-state index in [0.717, 1.165) is 17.4 Å². The fraction of sp³-hybridized carbons (Fsp3) is 0.417. The van der Waals surface area contributed by atoms with E-state index in [4.69, 9.17) is 16.3 Å². The summed E-state index contributed by atoms with van der Waals surface area (Å²) in [5.74, 6) is -0.0760. The number of sulfonamides is 1. The van der Waals surface area contributed by atoms with Gasteiger partial charge in [-0.15, -0.1) is 0 Å². The van der Waals surface area contributed by atoms with Gasteiger partial charge in [-0.2, -0.15) is 0 Å². The maximum atomic E-state index is 13.1. The molecule has 0 saturated heterocycles. The van der Waals surface area contributed by atoms with E-state index in [0.29, 0.717) is 11.4 Å². The lowest BCUT2D eigenvalue weighted by Crippen LogP contribution is -2.46. The van der Waals surface area contributed by atoms with E-state index in [1.54, 1.807) is 19.1 Å². The van der Waals surface area contributed by atoms with E-state index in [1.165, 1.54) is 29.4 Å². The van der Waals surface area contributed by atoms with Crippen LogP contribution in [0.1, 0.15) is 30.9 Å². The van der Waals surface area contributed by atoms with Gasteiger partial charge in [0, 0.05) is 26.6 Å². The van der Waals surface area contributed by atoms with E-state index in [1.807, 2.05) is 31.2 Å². The molecular formula is C24H32ClN3O5S. The molecule has 2 amide bonds. The van der Waals surface area contributed by atoms with Gasteiger partial charge in [0.2, 0.25) is 21.8 Å². The molecule has 0 spiro atoms. The molecule has 0 heterocycles. The van der Waals surface area contributed by atoms with Crippen molar-refractivity contribution in [1.29, 1.82) is 0 Å². The van der Waals surface area contributed by atoms with Crippen LogP contribution in [-0.2, 0) is 26.2 Å². The Kier molecular flexibility index (Phi) is 9.76. The van der Waals surface area contributed by atoms with Gasteiger partial charge in [0.25, 0.3) is 0 Å². The second-order valence-corrected chi connectivity index (χ2v) is 10.4. The largest absolute Gasteiger partial charge is 0.495 e. The van der Waals surface area contributed by atoms with Crippen LogP contribution in [0.15, 0.2) is 42.5 Å². The van der Waals surface area contributed by atoms with Gasteiger partial charge in [-0.05, 0) is 44.0 Å². The minimum Gasteiger partial charge on any atom is -0.495 e.